The van der Waals surface area contributed by atoms with Crippen molar-refractivity contribution >= 4 is 0 Å². The lowest BCUT2D eigenvalue weighted by Crippen LogP contribution is -1.99. The molecule has 0 fully saturated rings. The topological polar surface area (TPSA) is 55.5 Å². The zero-order valence-electron chi connectivity index (χ0n) is 2.14. The minimum Gasteiger partial charge on any atom is -0.306 e. The van der Waals surface area contributed by atoms with Crippen LogP contribution in [0.15, 0.2) is 0 Å². The predicted octanol–water partition coefficient (Wildman–Crippen LogP) is -0.608. The molecule has 0 heterocycles. The molecule has 3 nitrogen and oxygen atoms in total. The summed E-state index contributed by atoms with van der Waals surface area (Å²) in [6.45, 7) is -0.125. The van der Waals surface area contributed by atoms with Gasteiger partial charge in [-0.2, -0.15) is 0 Å². The molecular weight excluding hydrogens is 58.0 g/mol. The van der Waals surface area contributed by atoms with Gasteiger partial charge in [-0.15, -0.1) is 0 Å². The van der Waals surface area contributed by atoms with Crippen LogP contribution in [-0.2, 0) is 4.89 Å². The van der Waals surface area contributed by atoms with Crippen LogP contribution in [0.5, 0.6) is 0 Å². The summed E-state index contributed by atoms with van der Waals surface area (Å²) in [7, 11) is 0. The lowest BCUT2D eigenvalue weighted by atomic mass is 11.4. The maximum atomic E-state index is 7.25. The molecule has 0 aromatic heterocycles. The summed E-state index contributed by atoms with van der Waals surface area (Å²) in [6.07, 6.45) is 0. The van der Waals surface area contributed by atoms with Crippen molar-refractivity contribution in [3.05, 3.63) is 0 Å². The van der Waals surface area contributed by atoms with Gasteiger partial charge in [0.2, 0.25) is 0 Å². The van der Waals surface area contributed by atoms with E-state index < -0.39 is 0 Å². The molecule has 0 aromatic rings. The molecule has 0 amide bonds. The Bertz CT molecular complexity index is 8.00. The molecule has 26 valence electrons. The Balaban J connectivity index is 1.97. The number of rotatable bonds is 1. The first-order valence-electron chi connectivity index (χ1n) is 0.879. The summed E-state index contributed by atoms with van der Waals surface area (Å²) < 4.78 is 0. The first-order valence-corrected chi connectivity index (χ1v) is 0.879. The highest BCUT2D eigenvalue weighted by Gasteiger charge is 1.52. The second-order valence-electron chi connectivity index (χ2n) is 0.296. The third-order valence-electron chi connectivity index (χ3n) is 0.0745. The molecule has 0 spiro atoms. The van der Waals surface area contributed by atoms with E-state index in [-0.39, 0.29) is 6.73 Å². The largest absolute Gasteiger partial charge is 0.306 e. The molecule has 0 aliphatic heterocycles. The molecule has 0 radical (unpaired) electrons. The summed E-state index contributed by atoms with van der Waals surface area (Å²) >= 11 is 0. The Labute approximate surface area is 23.9 Å². The minimum atomic E-state index is -0.125. The van der Waals surface area contributed by atoms with E-state index in [1.165, 1.54) is 0 Å². The average molecular weight is 63.1 g/mol. The van der Waals surface area contributed by atoms with Gasteiger partial charge in [-0.3, -0.25) is 5.26 Å². The van der Waals surface area contributed by atoms with Crippen molar-refractivity contribution in [1.29, 1.82) is 0 Å². The van der Waals surface area contributed by atoms with Gasteiger partial charge in [0.05, 0.1) is 0 Å². The van der Waals surface area contributed by atoms with Crippen LogP contribution in [0.25, 0.3) is 0 Å². The fourth-order valence-corrected chi connectivity index (χ4v) is 0. The van der Waals surface area contributed by atoms with Crippen LogP contribution in [0.3, 0.4) is 0 Å². The van der Waals surface area contributed by atoms with E-state index in [2.05, 4.69) is 10.6 Å². The third kappa shape index (κ3) is 1.88. The van der Waals surface area contributed by atoms with Crippen molar-refractivity contribution in [2.24, 2.45) is 5.73 Å². The molecule has 0 atom stereocenters. The van der Waals surface area contributed by atoms with Gasteiger partial charge in [0.15, 0.2) is 0 Å². The average Bonchev–Trinajstić information content (AvgIpc) is 1.37. The maximum absolute atomic E-state index is 7.25. The summed E-state index contributed by atoms with van der Waals surface area (Å²) in [5.74, 6) is 0. The van der Waals surface area contributed by atoms with Gasteiger partial charge in [-0.05, 0) is 0 Å². The van der Waals surface area contributed by atoms with E-state index in [1.807, 2.05) is 0 Å². The van der Waals surface area contributed by atoms with Gasteiger partial charge in [0, 0.05) is 0 Å². The quantitative estimate of drug-likeness (QED) is 0.242. The smallest absolute Gasteiger partial charge is 0.130 e. The first kappa shape index (κ1) is 3.88. The predicted molar refractivity (Wildman–Crippen MR) is 12.8 cm³/mol. The summed E-state index contributed by atoms with van der Waals surface area (Å²) in [6, 6.07) is 0. The Morgan fingerprint density at radius 1 is 2.00 bits per heavy atom. The Morgan fingerprint density at radius 3 is 2.25 bits per heavy atom. The minimum absolute atomic E-state index is 0.125. The first-order chi connectivity index (χ1) is 1.91. The van der Waals surface area contributed by atoms with E-state index >= 15 is 0 Å². The molecule has 0 saturated heterocycles. The van der Waals surface area contributed by atoms with Gasteiger partial charge in [0.1, 0.15) is 6.73 Å². The van der Waals surface area contributed by atoms with Crippen molar-refractivity contribution < 1.29 is 10.1 Å². The second kappa shape index (κ2) is 2.88. The highest BCUT2D eigenvalue weighted by atomic mass is 17.1. The lowest BCUT2D eigenvalue weighted by Gasteiger charge is -1.74. The lowest BCUT2D eigenvalue weighted by molar-refractivity contribution is -0.240. The zero-order chi connectivity index (χ0) is 3.41. The molecular formula is CH5NO2. The van der Waals surface area contributed by atoms with E-state index in [1.54, 1.807) is 0 Å². The van der Waals surface area contributed by atoms with Crippen molar-refractivity contribution in [3.63, 3.8) is 0 Å². The van der Waals surface area contributed by atoms with Crippen LogP contribution in [0, 0.1) is 0 Å². The summed E-state index contributed by atoms with van der Waals surface area (Å²) in [4.78, 5) is 3.32. The van der Waals surface area contributed by atoms with Crippen LogP contribution in [-0.4, -0.2) is 12.0 Å². The maximum Gasteiger partial charge on any atom is 0.130 e. The number of hydrogen-bond donors (Lipinski definition) is 2. The fourth-order valence-electron chi connectivity index (χ4n) is 0. The summed E-state index contributed by atoms with van der Waals surface area (Å²) in [5.41, 5.74) is 4.56. The number of nitrogens with two attached hydrogens (primary N) is 1. The third-order valence-corrected chi connectivity index (χ3v) is 0.0745. The van der Waals surface area contributed by atoms with E-state index in [9.17, 15) is 0 Å². The molecule has 0 bridgehead atoms. The molecule has 3 N–H and O–H groups in total. The van der Waals surface area contributed by atoms with Crippen LogP contribution in [0.4, 0.5) is 0 Å². The van der Waals surface area contributed by atoms with Crippen LogP contribution in [0.1, 0.15) is 0 Å². The van der Waals surface area contributed by atoms with Gasteiger partial charge in [-0.1, -0.05) is 0 Å². The molecule has 0 unspecified atom stereocenters. The normalized spacial score (nSPS) is 7.50. The molecule has 0 aliphatic rings. The van der Waals surface area contributed by atoms with E-state index in [0.717, 1.165) is 0 Å². The SMILES string of the molecule is NCOO. The van der Waals surface area contributed by atoms with Crippen molar-refractivity contribution in [2.75, 3.05) is 6.73 Å². The van der Waals surface area contributed by atoms with Gasteiger partial charge < -0.3 is 5.73 Å². The van der Waals surface area contributed by atoms with Crippen LogP contribution >= 0.6 is 0 Å². The molecule has 4 heavy (non-hydrogen) atoms. The summed E-state index contributed by atoms with van der Waals surface area (Å²) in [5, 5.41) is 7.25. The molecule has 0 aromatic carbocycles. The van der Waals surface area contributed by atoms with Crippen molar-refractivity contribution in [1.82, 2.24) is 0 Å². The molecule has 0 saturated carbocycles. The standard InChI is InChI=1S/CH5NO2/c2-1-4-3/h3H,1-2H2. The van der Waals surface area contributed by atoms with E-state index in [4.69, 9.17) is 5.26 Å². The molecule has 0 rings (SSSR count). The van der Waals surface area contributed by atoms with Crippen molar-refractivity contribution in [3.8, 4) is 0 Å². The molecule has 3 heteroatoms. The van der Waals surface area contributed by atoms with Crippen molar-refractivity contribution in [2.45, 2.75) is 0 Å². The molecule has 0 aliphatic carbocycles. The highest BCUT2D eigenvalue weighted by molar-refractivity contribution is 3.82. The zero-order valence-corrected chi connectivity index (χ0v) is 2.14. The highest BCUT2D eigenvalue weighted by Crippen LogP contribution is 1.38. The Hall–Kier alpha value is -0.120. The van der Waals surface area contributed by atoms with Crippen LogP contribution < -0.4 is 5.73 Å². The van der Waals surface area contributed by atoms with Gasteiger partial charge in [0.25, 0.3) is 0 Å². The fraction of sp³-hybridized carbons (Fsp3) is 1.00. The van der Waals surface area contributed by atoms with Crippen LogP contribution in [0.2, 0.25) is 0 Å². The van der Waals surface area contributed by atoms with Gasteiger partial charge >= 0.3 is 0 Å². The second-order valence-corrected chi connectivity index (χ2v) is 0.296. The van der Waals surface area contributed by atoms with Gasteiger partial charge in [-0.25, -0.2) is 4.89 Å². The Kier molecular flexibility index (Phi) is 2.79. The van der Waals surface area contributed by atoms with E-state index in [0.29, 0.717) is 0 Å². The Morgan fingerprint density at radius 2 is 2.25 bits per heavy atom. The number of hydrogen-bond acceptors (Lipinski definition) is 3. The monoisotopic (exact) mass is 63.0 g/mol.